The summed E-state index contributed by atoms with van der Waals surface area (Å²) in [6, 6.07) is 9.56. The zero-order valence-electron chi connectivity index (χ0n) is 10.5. The number of aromatic amines is 1. The van der Waals surface area contributed by atoms with Crippen molar-refractivity contribution < 1.29 is 5.11 Å². The molecule has 2 aromatic carbocycles. The largest absolute Gasteiger partial charge is 0.508 e. The van der Waals surface area contributed by atoms with Gasteiger partial charge in [-0.3, -0.25) is 9.78 Å². The number of hydrogen-bond donors (Lipinski definition) is 3. The topological polar surface area (TPSA) is 78.0 Å². The minimum Gasteiger partial charge on any atom is -0.508 e. The Balaban J connectivity index is 2.13. The minimum atomic E-state index is -0.393. The first-order valence-electron chi connectivity index (χ1n) is 5.98. The van der Waals surface area contributed by atoms with E-state index in [0.717, 1.165) is 0 Å². The van der Waals surface area contributed by atoms with E-state index in [1.165, 1.54) is 6.07 Å². The summed E-state index contributed by atoms with van der Waals surface area (Å²) >= 11 is 12.1. The number of hydrogen-bond acceptors (Lipinski definition) is 4. The highest BCUT2D eigenvalue weighted by molar-refractivity contribution is 6.39. The van der Waals surface area contributed by atoms with Crippen molar-refractivity contribution in [3.05, 3.63) is 56.8 Å². The number of aromatic nitrogens is 2. The smallest absolute Gasteiger partial charge is 0.261 e. The molecule has 3 N–H and O–H groups in total. The lowest BCUT2D eigenvalue weighted by molar-refractivity contribution is 0.475. The number of nitrogens with one attached hydrogen (secondary N) is 2. The van der Waals surface area contributed by atoms with Crippen LogP contribution in [0.15, 0.2) is 41.2 Å². The van der Waals surface area contributed by atoms with Gasteiger partial charge in [0.1, 0.15) is 5.75 Å². The van der Waals surface area contributed by atoms with Crippen LogP contribution in [0.5, 0.6) is 5.75 Å². The van der Waals surface area contributed by atoms with E-state index in [1.54, 1.807) is 30.3 Å². The Labute approximate surface area is 129 Å². The number of fused-ring (bicyclic) bond motifs is 1. The standard InChI is InChI=1S/C14H9Cl2N3O2/c15-9-4-5-10(16)12-11(9)13(21)19-14(18-12)17-7-2-1-3-8(20)6-7/h1-6,20H,(H2,17,18,19,21). The van der Waals surface area contributed by atoms with E-state index in [4.69, 9.17) is 23.2 Å². The van der Waals surface area contributed by atoms with Crippen molar-refractivity contribution in [1.29, 1.82) is 0 Å². The van der Waals surface area contributed by atoms with Gasteiger partial charge in [-0.15, -0.1) is 0 Å². The number of nitrogens with zero attached hydrogens (tertiary/aromatic N) is 1. The lowest BCUT2D eigenvalue weighted by Crippen LogP contribution is -2.11. The van der Waals surface area contributed by atoms with E-state index in [2.05, 4.69) is 15.3 Å². The van der Waals surface area contributed by atoms with Crippen molar-refractivity contribution in [1.82, 2.24) is 9.97 Å². The molecule has 0 aliphatic rings. The van der Waals surface area contributed by atoms with Crippen molar-refractivity contribution in [3.63, 3.8) is 0 Å². The van der Waals surface area contributed by atoms with Crippen molar-refractivity contribution in [3.8, 4) is 5.75 Å². The summed E-state index contributed by atoms with van der Waals surface area (Å²) in [7, 11) is 0. The van der Waals surface area contributed by atoms with Gasteiger partial charge in [0, 0.05) is 11.8 Å². The summed E-state index contributed by atoms with van der Waals surface area (Å²) in [6.45, 7) is 0. The Morgan fingerprint density at radius 2 is 1.90 bits per heavy atom. The summed E-state index contributed by atoms with van der Waals surface area (Å²) < 4.78 is 0. The van der Waals surface area contributed by atoms with Crippen molar-refractivity contribution in [2.24, 2.45) is 0 Å². The normalized spacial score (nSPS) is 10.8. The molecule has 0 spiro atoms. The Morgan fingerprint density at radius 3 is 2.67 bits per heavy atom. The van der Waals surface area contributed by atoms with E-state index in [0.29, 0.717) is 16.2 Å². The van der Waals surface area contributed by atoms with Gasteiger partial charge in [0.05, 0.1) is 20.9 Å². The number of aromatic hydroxyl groups is 1. The van der Waals surface area contributed by atoms with Crippen LogP contribution in [0, 0.1) is 0 Å². The highest BCUT2D eigenvalue weighted by Crippen LogP contribution is 2.27. The summed E-state index contributed by atoms with van der Waals surface area (Å²) in [5, 5.41) is 13.2. The molecule has 0 fully saturated rings. The van der Waals surface area contributed by atoms with Crippen LogP contribution in [-0.2, 0) is 0 Å². The van der Waals surface area contributed by atoms with Gasteiger partial charge in [0.25, 0.3) is 5.56 Å². The van der Waals surface area contributed by atoms with Crippen molar-refractivity contribution in [2.75, 3.05) is 5.32 Å². The predicted octanol–water partition coefficient (Wildman–Crippen LogP) is 3.68. The average molecular weight is 322 g/mol. The zero-order chi connectivity index (χ0) is 15.0. The van der Waals surface area contributed by atoms with Crippen LogP contribution >= 0.6 is 23.2 Å². The van der Waals surface area contributed by atoms with Gasteiger partial charge in [-0.25, -0.2) is 4.98 Å². The maximum atomic E-state index is 12.1. The fraction of sp³-hybridized carbons (Fsp3) is 0. The lowest BCUT2D eigenvalue weighted by Gasteiger charge is -2.08. The molecule has 3 aromatic rings. The van der Waals surface area contributed by atoms with Gasteiger partial charge in [0.2, 0.25) is 5.95 Å². The van der Waals surface area contributed by atoms with Crippen LogP contribution in [0.1, 0.15) is 0 Å². The first-order valence-corrected chi connectivity index (χ1v) is 6.74. The van der Waals surface area contributed by atoms with Crippen molar-refractivity contribution in [2.45, 2.75) is 0 Å². The predicted molar refractivity (Wildman–Crippen MR) is 83.8 cm³/mol. The molecule has 21 heavy (non-hydrogen) atoms. The number of phenols is 1. The van der Waals surface area contributed by atoms with Crippen LogP contribution in [0.25, 0.3) is 10.9 Å². The first-order chi connectivity index (χ1) is 10.0. The number of halogens is 2. The third-order valence-electron chi connectivity index (χ3n) is 2.87. The number of benzene rings is 2. The molecule has 0 aliphatic carbocycles. The maximum absolute atomic E-state index is 12.1. The second-order valence-electron chi connectivity index (χ2n) is 4.34. The highest BCUT2D eigenvalue weighted by Gasteiger charge is 2.11. The molecule has 1 heterocycles. The number of phenolic OH excluding ortho intramolecular Hbond substituents is 1. The fourth-order valence-electron chi connectivity index (χ4n) is 1.96. The highest BCUT2D eigenvalue weighted by atomic mass is 35.5. The Morgan fingerprint density at radius 1 is 1.14 bits per heavy atom. The SMILES string of the molecule is O=c1[nH]c(Nc2cccc(O)c2)nc2c(Cl)ccc(Cl)c12. The third kappa shape index (κ3) is 2.66. The molecule has 1 aromatic heterocycles. The summed E-state index contributed by atoms with van der Waals surface area (Å²) in [4.78, 5) is 18.9. The van der Waals surface area contributed by atoms with Gasteiger partial charge >= 0.3 is 0 Å². The molecular weight excluding hydrogens is 313 g/mol. The molecule has 3 rings (SSSR count). The maximum Gasteiger partial charge on any atom is 0.261 e. The summed E-state index contributed by atoms with van der Waals surface area (Å²) in [6.07, 6.45) is 0. The number of rotatable bonds is 2. The fourth-order valence-corrected chi connectivity index (χ4v) is 2.39. The van der Waals surface area contributed by atoms with E-state index >= 15 is 0 Å². The summed E-state index contributed by atoms with van der Waals surface area (Å²) in [5.41, 5.74) is 0.501. The van der Waals surface area contributed by atoms with E-state index in [9.17, 15) is 9.90 Å². The monoisotopic (exact) mass is 321 g/mol. The van der Waals surface area contributed by atoms with Crippen LogP contribution in [-0.4, -0.2) is 15.1 Å². The van der Waals surface area contributed by atoms with Crippen LogP contribution in [0.3, 0.4) is 0 Å². The van der Waals surface area contributed by atoms with Crippen LogP contribution in [0.2, 0.25) is 10.0 Å². The quantitative estimate of drug-likeness (QED) is 0.672. The van der Waals surface area contributed by atoms with Crippen LogP contribution < -0.4 is 10.9 Å². The number of H-pyrrole nitrogens is 1. The number of anilines is 2. The Hall–Kier alpha value is -2.24. The van der Waals surface area contributed by atoms with Gasteiger partial charge < -0.3 is 10.4 Å². The van der Waals surface area contributed by atoms with Gasteiger partial charge in [-0.05, 0) is 24.3 Å². The molecular formula is C14H9Cl2N3O2. The third-order valence-corrected chi connectivity index (χ3v) is 3.49. The van der Waals surface area contributed by atoms with Crippen LogP contribution in [0.4, 0.5) is 11.6 Å². The molecule has 7 heteroatoms. The summed E-state index contributed by atoms with van der Waals surface area (Å²) in [5.74, 6) is 0.312. The molecule has 5 nitrogen and oxygen atoms in total. The molecule has 0 bridgehead atoms. The molecule has 0 aliphatic heterocycles. The zero-order valence-corrected chi connectivity index (χ0v) is 12.0. The first kappa shape index (κ1) is 13.7. The van der Waals surface area contributed by atoms with Gasteiger partial charge in [-0.1, -0.05) is 29.3 Å². The minimum absolute atomic E-state index is 0.101. The average Bonchev–Trinajstić information content (AvgIpc) is 2.42. The van der Waals surface area contributed by atoms with Crippen molar-refractivity contribution >= 4 is 45.7 Å². The molecule has 106 valence electrons. The molecule has 0 unspecified atom stereocenters. The molecule has 0 radical (unpaired) electrons. The second-order valence-corrected chi connectivity index (χ2v) is 5.16. The van der Waals surface area contributed by atoms with E-state index in [1.807, 2.05) is 0 Å². The molecule has 0 saturated carbocycles. The second kappa shape index (κ2) is 5.27. The lowest BCUT2D eigenvalue weighted by atomic mass is 10.2. The Kier molecular flexibility index (Phi) is 3.45. The molecule has 0 saturated heterocycles. The molecule has 0 amide bonds. The Bertz CT molecular complexity index is 893. The van der Waals surface area contributed by atoms with Gasteiger partial charge in [0.15, 0.2) is 0 Å². The van der Waals surface area contributed by atoms with Gasteiger partial charge in [-0.2, -0.15) is 0 Å². The molecule has 0 atom stereocenters. The van der Waals surface area contributed by atoms with E-state index < -0.39 is 5.56 Å². The van der Waals surface area contributed by atoms with E-state index in [-0.39, 0.29) is 22.1 Å².